The van der Waals surface area contributed by atoms with Crippen LogP contribution in [0.4, 0.5) is 0 Å². The molecule has 150 valence electrons. The molecule has 0 aliphatic carbocycles. The monoisotopic (exact) mass is 395 g/mol. The van der Waals surface area contributed by atoms with Crippen molar-refractivity contribution in [3.63, 3.8) is 0 Å². The van der Waals surface area contributed by atoms with Crippen molar-refractivity contribution in [3.05, 3.63) is 29.8 Å². The number of rotatable bonds is 7. The van der Waals surface area contributed by atoms with Gasteiger partial charge in [0.1, 0.15) is 6.04 Å². The molecule has 1 aromatic rings. The van der Waals surface area contributed by atoms with Crippen LogP contribution in [-0.2, 0) is 14.8 Å². The molecule has 1 aliphatic rings. The summed E-state index contributed by atoms with van der Waals surface area (Å²) in [5, 5.41) is 5.34. The van der Waals surface area contributed by atoms with Gasteiger partial charge in [-0.3, -0.25) is 9.59 Å². The summed E-state index contributed by atoms with van der Waals surface area (Å²) in [7, 11) is -3.54. The van der Waals surface area contributed by atoms with Gasteiger partial charge in [-0.15, -0.1) is 0 Å². The highest BCUT2D eigenvalue weighted by Crippen LogP contribution is 2.23. The number of amides is 2. The van der Waals surface area contributed by atoms with E-state index in [4.69, 9.17) is 0 Å². The maximum absolute atomic E-state index is 12.7. The summed E-state index contributed by atoms with van der Waals surface area (Å²) < 4.78 is 26.9. The summed E-state index contributed by atoms with van der Waals surface area (Å²) in [6, 6.07) is 5.19. The first-order valence-corrected chi connectivity index (χ1v) is 10.9. The zero-order valence-electron chi connectivity index (χ0n) is 16.2. The number of hydrogen-bond acceptors (Lipinski definition) is 4. The Morgan fingerprint density at radius 2 is 1.78 bits per heavy atom. The number of nitrogens with zero attached hydrogens (tertiary/aromatic N) is 1. The SMILES string of the molecule is CCCNC(=O)[C@@H](C)NC(=O)c1ccc(S(=O)(=O)N2CCC(C)CC2)cc1. The third kappa shape index (κ3) is 5.52. The topological polar surface area (TPSA) is 95.6 Å². The first-order chi connectivity index (χ1) is 12.8. The molecule has 0 aromatic heterocycles. The lowest BCUT2D eigenvalue weighted by atomic mass is 10.0. The van der Waals surface area contributed by atoms with Crippen LogP contribution in [0.25, 0.3) is 0 Å². The minimum atomic E-state index is -3.54. The molecule has 0 saturated carbocycles. The zero-order chi connectivity index (χ0) is 20.0. The normalized spacial score (nSPS) is 17.3. The molecule has 1 fully saturated rings. The second-order valence-electron chi connectivity index (χ2n) is 7.10. The number of carbonyl (C=O) groups excluding carboxylic acids is 2. The van der Waals surface area contributed by atoms with Gasteiger partial charge in [-0.1, -0.05) is 13.8 Å². The Bertz CT molecular complexity index is 754. The summed E-state index contributed by atoms with van der Waals surface area (Å²) in [5.41, 5.74) is 0.316. The molecule has 1 atom stereocenters. The highest BCUT2D eigenvalue weighted by Gasteiger charge is 2.28. The van der Waals surface area contributed by atoms with Crippen LogP contribution in [0, 0.1) is 5.92 Å². The molecule has 8 heteroatoms. The smallest absolute Gasteiger partial charge is 0.251 e. The molecule has 0 unspecified atom stereocenters. The Kier molecular flexibility index (Phi) is 7.38. The van der Waals surface area contributed by atoms with Gasteiger partial charge in [0.15, 0.2) is 0 Å². The molecule has 0 bridgehead atoms. The van der Waals surface area contributed by atoms with E-state index < -0.39 is 22.0 Å². The standard InChI is InChI=1S/C19H29N3O4S/c1-4-11-20-18(23)15(3)21-19(24)16-5-7-17(8-6-16)27(25,26)22-12-9-14(2)10-13-22/h5-8,14-15H,4,9-13H2,1-3H3,(H,20,23)(H,21,24)/t15-/m1/s1. The predicted molar refractivity (Wildman–Crippen MR) is 104 cm³/mol. The average molecular weight is 396 g/mol. The van der Waals surface area contributed by atoms with Crippen molar-refractivity contribution in [2.24, 2.45) is 5.92 Å². The van der Waals surface area contributed by atoms with Crippen molar-refractivity contribution < 1.29 is 18.0 Å². The van der Waals surface area contributed by atoms with Gasteiger partial charge in [-0.25, -0.2) is 8.42 Å². The van der Waals surface area contributed by atoms with E-state index in [0.717, 1.165) is 19.3 Å². The van der Waals surface area contributed by atoms with Crippen LogP contribution < -0.4 is 10.6 Å². The van der Waals surface area contributed by atoms with Gasteiger partial charge >= 0.3 is 0 Å². The predicted octanol–water partition coefficient (Wildman–Crippen LogP) is 1.75. The third-order valence-corrected chi connectivity index (χ3v) is 6.70. The van der Waals surface area contributed by atoms with Crippen LogP contribution in [0.1, 0.15) is 50.4 Å². The first kappa shape index (κ1) is 21.4. The van der Waals surface area contributed by atoms with Gasteiger partial charge in [0.2, 0.25) is 15.9 Å². The van der Waals surface area contributed by atoms with E-state index in [-0.39, 0.29) is 10.8 Å². The van der Waals surface area contributed by atoms with Crippen LogP contribution >= 0.6 is 0 Å². The fourth-order valence-corrected chi connectivity index (χ4v) is 4.37. The number of sulfonamides is 1. The van der Waals surface area contributed by atoms with Gasteiger partial charge in [-0.05, 0) is 56.4 Å². The van der Waals surface area contributed by atoms with Crippen LogP contribution in [0.3, 0.4) is 0 Å². The first-order valence-electron chi connectivity index (χ1n) is 9.44. The number of hydrogen-bond donors (Lipinski definition) is 2. The van der Waals surface area contributed by atoms with Crippen LogP contribution in [0.15, 0.2) is 29.2 Å². The number of nitrogens with one attached hydrogen (secondary N) is 2. The molecule has 2 N–H and O–H groups in total. The largest absolute Gasteiger partial charge is 0.354 e. The Hall–Kier alpha value is -1.93. The fourth-order valence-electron chi connectivity index (χ4n) is 2.90. The summed E-state index contributed by atoms with van der Waals surface area (Å²) in [4.78, 5) is 24.3. The molecule has 0 radical (unpaired) electrons. The zero-order valence-corrected chi connectivity index (χ0v) is 17.0. The van der Waals surface area contributed by atoms with E-state index >= 15 is 0 Å². The molecule has 2 rings (SSSR count). The second-order valence-corrected chi connectivity index (χ2v) is 9.04. The lowest BCUT2D eigenvalue weighted by molar-refractivity contribution is -0.122. The maximum atomic E-state index is 12.7. The minimum absolute atomic E-state index is 0.183. The number of benzene rings is 1. The maximum Gasteiger partial charge on any atom is 0.251 e. The van der Waals surface area contributed by atoms with Crippen molar-refractivity contribution in [2.45, 2.75) is 51.0 Å². The molecule has 27 heavy (non-hydrogen) atoms. The van der Waals surface area contributed by atoms with E-state index in [1.165, 1.54) is 28.6 Å². The van der Waals surface area contributed by atoms with Gasteiger partial charge in [-0.2, -0.15) is 4.31 Å². The Balaban J connectivity index is 2.01. The molecular weight excluding hydrogens is 366 g/mol. The summed E-state index contributed by atoms with van der Waals surface area (Å²) in [6.07, 6.45) is 2.54. The van der Waals surface area contributed by atoms with Gasteiger partial charge in [0.25, 0.3) is 5.91 Å². The van der Waals surface area contributed by atoms with E-state index in [1.807, 2.05) is 6.92 Å². The molecule has 2 amide bonds. The average Bonchev–Trinajstić information content (AvgIpc) is 2.66. The molecule has 0 spiro atoms. The quantitative estimate of drug-likeness (QED) is 0.735. The van der Waals surface area contributed by atoms with Crippen LogP contribution in [-0.4, -0.2) is 50.2 Å². The van der Waals surface area contributed by atoms with E-state index in [1.54, 1.807) is 6.92 Å². The number of carbonyl (C=O) groups is 2. The summed E-state index contributed by atoms with van der Waals surface area (Å²) in [6.45, 7) is 7.29. The van der Waals surface area contributed by atoms with Gasteiger partial charge in [0, 0.05) is 25.2 Å². The molecule has 1 aromatic carbocycles. The fraction of sp³-hybridized carbons (Fsp3) is 0.579. The van der Waals surface area contributed by atoms with E-state index in [9.17, 15) is 18.0 Å². The summed E-state index contributed by atoms with van der Waals surface area (Å²) >= 11 is 0. The van der Waals surface area contributed by atoms with Crippen LogP contribution in [0.2, 0.25) is 0 Å². The van der Waals surface area contributed by atoms with Crippen LogP contribution in [0.5, 0.6) is 0 Å². The molecule has 1 aliphatic heterocycles. The lowest BCUT2D eigenvalue weighted by Crippen LogP contribution is -2.45. The van der Waals surface area contributed by atoms with Crippen molar-refractivity contribution in [2.75, 3.05) is 19.6 Å². The van der Waals surface area contributed by atoms with E-state index in [2.05, 4.69) is 17.6 Å². The molecule has 1 saturated heterocycles. The molecular formula is C19H29N3O4S. The Morgan fingerprint density at radius 1 is 1.19 bits per heavy atom. The molecule has 1 heterocycles. The lowest BCUT2D eigenvalue weighted by Gasteiger charge is -2.29. The molecule has 7 nitrogen and oxygen atoms in total. The Labute approximate surface area is 161 Å². The highest BCUT2D eigenvalue weighted by molar-refractivity contribution is 7.89. The van der Waals surface area contributed by atoms with Gasteiger partial charge < -0.3 is 10.6 Å². The second kappa shape index (κ2) is 9.32. The minimum Gasteiger partial charge on any atom is -0.354 e. The van der Waals surface area contributed by atoms with Crippen molar-refractivity contribution >= 4 is 21.8 Å². The van der Waals surface area contributed by atoms with Crippen molar-refractivity contribution in [3.8, 4) is 0 Å². The van der Waals surface area contributed by atoms with E-state index in [0.29, 0.717) is 31.1 Å². The highest BCUT2D eigenvalue weighted by atomic mass is 32.2. The summed E-state index contributed by atoms with van der Waals surface area (Å²) in [5.74, 6) is -0.118. The van der Waals surface area contributed by atoms with Gasteiger partial charge in [0.05, 0.1) is 4.90 Å². The van der Waals surface area contributed by atoms with Crippen molar-refractivity contribution in [1.82, 2.24) is 14.9 Å². The van der Waals surface area contributed by atoms with Crippen molar-refractivity contribution in [1.29, 1.82) is 0 Å². The third-order valence-electron chi connectivity index (χ3n) is 4.79. The number of piperidine rings is 1. The Morgan fingerprint density at radius 3 is 2.33 bits per heavy atom.